The molecule has 0 fully saturated rings. The molecule has 0 unspecified atom stereocenters. The maximum Gasteiger partial charge on any atom is 0.133 e. The van der Waals surface area contributed by atoms with Gasteiger partial charge in [0.1, 0.15) is 28.6 Å². The lowest BCUT2D eigenvalue weighted by Crippen LogP contribution is -2.28. The van der Waals surface area contributed by atoms with Crippen LogP contribution in [0.15, 0.2) is 42.0 Å². The Balaban J connectivity index is 1.65. The second kappa shape index (κ2) is 7.18. The molecule has 2 aliphatic heterocycles. The number of benzene rings is 2. The summed E-state index contributed by atoms with van der Waals surface area (Å²) in [7, 11) is 0. The van der Waals surface area contributed by atoms with E-state index in [1.165, 1.54) is 0 Å². The fraction of sp³-hybridized carbons (Fsp3) is 0.360. The third-order valence-electron chi connectivity index (χ3n) is 5.60. The highest BCUT2D eigenvalue weighted by Crippen LogP contribution is 2.45. The largest absolute Gasteiger partial charge is 0.508 e. The first kappa shape index (κ1) is 19.4. The number of hydrogen-bond donors (Lipinski definition) is 2. The molecule has 4 nitrogen and oxygen atoms in total. The fourth-order valence-corrected chi connectivity index (χ4v) is 3.99. The van der Waals surface area contributed by atoms with Gasteiger partial charge < -0.3 is 19.7 Å². The summed E-state index contributed by atoms with van der Waals surface area (Å²) in [6, 6.07) is 7.53. The molecule has 0 spiro atoms. The Kier molecular flexibility index (Phi) is 4.81. The maximum absolute atomic E-state index is 10.9. The summed E-state index contributed by atoms with van der Waals surface area (Å²) in [5.74, 6) is 2.03. The van der Waals surface area contributed by atoms with Crippen LogP contribution in [-0.2, 0) is 12.8 Å². The van der Waals surface area contributed by atoms with Crippen LogP contribution in [-0.4, -0.2) is 22.4 Å². The molecular formula is C25H28O4. The van der Waals surface area contributed by atoms with Crippen molar-refractivity contribution in [1.29, 1.82) is 0 Å². The quantitative estimate of drug-likeness (QED) is 0.676. The van der Waals surface area contributed by atoms with E-state index in [0.717, 1.165) is 40.2 Å². The van der Waals surface area contributed by atoms with Gasteiger partial charge in [-0.2, -0.15) is 0 Å². The van der Waals surface area contributed by atoms with Gasteiger partial charge in [0, 0.05) is 17.0 Å². The monoisotopic (exact) mass is 392 g/mol. The van der Waals surface area contributed by atoms with Gasteiger partial charge in [-0.05, 0) is 70.4 Å². The molecule has 0 aliphatic carbocycles. The zero-order chi connectivity index (χ0) is 20.8. The highest BCUT2D eigenvalue weighted by molar-refractivity contribution is 5.69. The molecule has 2 N–H and O–H groups in total. The number of phenols is 2. The minimum atomic E-state index is -0.321. The molecule has 29 heavy (non-hydrogen) atoms. The van der Waals surface area contributed by atoms with Crippen LogP contribution >= 0.6 is 0 Å². The molecule has 0 saturated carbocycles. The Hall–Kier alpha value is -2.88. The molecule has 2 aromatic rings. The molecule has 152 valence electrons. The van der Waals surface area contributed by atoms with Crippen LogP contribution in [0.5, 0.6) is 23.0 Å². The summed E-state index contributed by atoms with van der Waals surface area (Å²) in [6.45, 7) is 8.54. The van der Waals surface area contributed by atoms with Crippen LogP contribution in [0.4, 0.5) is 0 Å². The summed E-state index contributed by atoms with van der Waals surface area (Å²) in [4.78, 5) is 0. The maximum atomic E-state index is 10.9. The Morgan fingerprint density at radius 3 is 2.72 bits per heavy atom. The summed E-state index contributed by atoms with van der Waals surface area (Å²) in [5, 5.41) is 21.1. The van der Waals surface area contributed by atoms with Crippen LogP contribution < -0.4 is 9.47 Å². The second-order valence-corrected chi connectivity index (χ2v) is 8.70. The van der Waals surface area contributed by atoms with Crippen LogP contribution in [0.2, 0.25) is 0 Å². The molecule has 4 heteroatoms. The number of hydrogen-bond acceptors (Lipinski definition) is 4. The molecule has 4 rings (SSSR count). The molecule has 0 amide bonds. The summed E-state index contributed by atoms with van der Waals surface area (Å²) in [6.07, 6.45) is 7.40. The number of fused-ring (bicyclic) bond motifs is 3. The Morgan fingerprint density at radius 2 is 1.97 bits per heavy atom. The first-order valence-electron chi connectivity index (χ1n) is 10.1. The van der Waals surface area contributed by atoms with E-state index in [-0.39, 0.29) is 23.0 Å². The van der Waals surface area contributed by atoms with Crippen molar-refractivity contribution >= 4 is 6.08 Å². The first-order valence-corrected chi connectivity index (χ1v) is 10.1. The third-order valence-corrected chi connectivity index (χ3v) is 5.60. The SMILES string of the molecule is CC(C)=CCc1c(O)ccc([C@@H]2COc3c(ccc4c3C=CC(C)(C)O4)C2)c1O. The van der Waals surface area contributed by atoms with E-state index in [9.17, 15) is 10.2 Å². The van der Waals surface area contributed by atoms with Crippen LogP contribution in [0.3, 0.4) is 0 Å². The molecule has 0 saturated heterocycles. The van der Waals surface area contributed by atoms with E-state index < -0.39 is 0 Å². The summed E-state index contributed by atoms with van der Waals surface area (Å²) < 4.78 is 12.2. The second-order valence-electron chi connectivity index (χ2n) is 8.70. The highest BCUT2D eigenvalue weighted by Gasteiger charge is 2.30. The number of phenolic OH excluding ortho intramolecular Hbond substituents is 2. The Bertz CT molecular complexity index is 1010. The van der Waals surface area contributed by atoms with Gasteiger partial charge in [0.25, 0.3) is 0 Å². The molecule has 1 atom stereocenters. The van der Waals surface area contributed by atoms with E-state index in [4.69, 9.17) is 9.47 Å². The van der Waals surface area contributed by atoms with Gasteiger partial charge in [0.2, 0.25) is 0 Å². The average molecular weight is 392 g/mol. The molecular weight excluding hydrogens is 364 g/mol. The van der Waals surface area contributed by atoms with E-state index in [2.05, 4.69) is 12.1 Å². The van der Waals surface area contributed by atoms with Gasteiger partial charge in [-0.15, -0.1) is 0 Å². The number of rotatable bonds is 3. The predicted octanol–water partition coefficient (Wildman–Crippen LogP) is 5.51. The van der Waals surface area contributed by atoms with Crippen molar-refractivity contribution in [3.05, 3.63) is 64.2 Å². The van der Waals surface area contributed by atoms with Crippen molar-refractivity contribution in [1.82, 2.24) is 0 Å². The minimum Gasteiger partial charge on any atom is -0.508 e. The van der Waals surface area contributed by atoms with E-state index in [1.807, 2.05) is 45.9 Å². The summed E-state index contributed by atoms with van der Waals surface area (Å²) in [5.41, 5.74) is 4.30. The lowest BCUT2D eigenvalue weighted by Gasteiger charge is -2.32. The summed E-state index contributed by atoms with van der Waals surface area (Å²) >= 11 is 0. The van der Waals surface area contributed by atoms with Crippen LogP contribution in [0.1, 0.15) is 55.9 Å². The van der Waals surface area contributed by atoms with E-state index >= 15 is 0 Å². The van der Waals surface area contributed by atoms with Gasteiger partial charge in [0.15, 0.2) is 0 Å². The smallest absolute Gasteiger partial charge is 0.133 e. The lowest BCUT2D eigenvalue weighted by molar-refractivity contribution is 0.157. The van der Waals surface area contributed by atoms with E-state index in [1.54, 1.807) is 12.1 Å². The number of allylic oxidation sites excluding steroid dienone is 2. The van der Waals surface area contributed by atoms with Gasteiger partial charge in [-0.1, -0.05) is 23.8 Å². The Morgan fingerprint density at radius 1 is 1.17 bits per heavy atom. The van der Waals surface area contributed by atoms with Crippen molar-refractivity contribution in [2.45, 2.75) is 52.1 Å². The minimum absolute atomic E-state index is 0.0246. The molecule has 0 radical (unpaired) electrons. The van der Waals surface area contributed by atoms with Crippen molar-refractivity contribution in [3.63, 3.8) is 0 Å². The van der Waals surface area contributed by atoms with Gasteiger partial charge >= 0.3 is 0 Å². The molecule has 2 aliphatic rings. The molecule has 2 aromatic carbocycles. The number of aromatic hydroxyl groups is 2. The average Bonchev–Trinajstić information content (AvgIpc) is 2.66. The van der Waals surface area contributed by atoms with Crippen LogP contribution in [0.25, 0.3) is 6.08 Å². The predicted molar refractivity (Wildman–Crippen MR) is 115 cm³/mol. The van der Waals surface area contributed by atoms with Gasteiger partial charge in [-0.3, -0.25) is 0 Å². The zero-order valence-electron chi connectivity index (χ0n) is 17.5. The van der Waals surface area contributed by atoms with Crippen molar-refractivity contribution < 1.29 is 19.7 Å². The Labute approximate surface area is 172 Å². The third kappa shape index (κ3) is 3.71. The number of ether oxygens (including phenoxy) is 2. The van der Waals surface area contributed by atoms with Gasteiger partial charge in [-0.25, -0.2) is 0 Å². The molecule has 0 bridgehead atoms. The lowest BCUT2D eigenvalue weighted by atomic mass is 9.86. The molecule has 0 aromatic heterocycles. The van der Waals surface area contributed by atoms with Crippen LogP contribution in [0, 0.1) is 0 Å². The zero-order valence-corrected chi connectivity index (χ0v) is 17.5. The topological polar surface area (TPSA) is 58.9 Å². The van der Waals surface area contributed by atoms with Gasteiger partial charge in [0.05, 0.1) is 12.2 Å². The van der Waals surface area contributed by atoms with Crippen molar-refractivity contribution in [2.24, 2.45) is 0 Å². The van der Waals surface area contributed by atoms with Crippen molar-refractivity contribution in [2.75, 3.05) is 6.61 Å². The molecule has 2 heterocycles. The van der Waals surface area contributed by atoms with E-state index in [0.29, 0.717) is 18.6 Å². The van der Waals surface area contributed by atoms with Crippen molar-refractivity contribution in [3.8, 4) is 23.0 Å². The first-order chi connectivity index (χ1) is 13.7. The standard InChI is InChI=1S/C25H28O4/c1-15(2)5-7-19-21(26)9-8-18(23(19)27)17-13-16-6-10-22-20(24(16)28-14-17)11-12-25(3,4)29-22/h5-6,8-12,17,26-27H,7,13-14H2,1-4H3/t17-/m0/s1. The normalized spacial score (nSPS) is 18.8. The highest BCUT2D eigenvalue weighted by atomic mass is 16.5. The fourth-order valence-electron chi connectivity index (χ4n) is 3.99.